The highest BCUT2D eigenvalue weighted by molar-refractivity contribution is 7.09. The van der Waals surface area contributed by atoms with Gasteiger partial charge >= 0.3 is 0 Å². The van der Waals surface area contributed by atoms with E-state index in [4.69, 9.17) is 5.26 Å². The van der Waals surface area contributed by atoms with Gasteiger partial charge in [-0.2, -0.15) is 5.26 Å². The van der Waals surface area contributed by atoms with Crippen molar-refractivity contribution in [2.75, 3.05) is 11.9 Å². The van der Waals surface area contributed by atoms with Crippen molar-refractivity contribution >= 4 is 22.9 Å². The third-order valence-electron chi connectivity index (χ3n) is 2.53. The van der Waals surface area contributed by atoms with Crippen LogP contribution in [-0.2, 0) is 0 Å². The minimum absolute atomic E-state index is 0.149. The summed E-state index contributed by atoms with van der Waals surface area (Å²) in [6.45, 7) is 1.86. The molecule has 0 unspecified atom stereocenters. The number of aryl methyl sites for hydroxylation is 1. The van der Waals surface area contributed by atoms with Crippen LogP contribution in [0.5, 0.6) is 0 Å². The number of carbonyl (C=O) groups is 1. The van der Waals surface area contributed by atoms with Gasteiger partial charge in [-0.05, 0) is 31.2 Å². The third-order valence-corrected chi connectivity index (χ3v) is 3.30. The van der Waals surface area contributed by atoms with Gasteiger partial charge in [-0.3, -0.25) is 4.79 Å². The SMILES string of the molecule is Cc1nc(C(=O)N(C)c2ccc(C#N)cc2)cs1. The van der Waals surface area contributed by atoms with Crippen molar-refractivity contribution in [3.05, 3.63) is 45.9 Å². The number of rotatable bonds is 2. The number of hydrogen-bond donors (Lipinski definition) is 0. The van der Waals surface area contributed by atoms with E-state index < -0.39 is 0 Å². The Labute approximate surface area is 109 Å². The quantitative estimate of drug-likeness (QED) is 0.831. The van der Waals surface area contributed by atoms with E-state index >= 15 is 0 Å². The van der Waals surface area contributed by atoms with E-state index in [1.165, 1.54) is 16.2 Å². The van der Waals surface area contributed by atoms with Gasteiger partial charge in [-0.15, -0.1) is 11.3 Å². The summed E-state index contributed by atoms with van der Waals surface area (Å²) < 4.78 is 0. The molecule has 5 heteroatoms. The Kier molecular flexibility index (Phi) is 3.40. The topological polar surface area (TPSA) is 57.0 Å². The van der Waals surface area contributed by atoms with Crippen LogP contribution in [0.3, 0.4) is 0 Å². The molecule has 0 spiro atoms. The lowest BCUT2D eigenvalue weighted by molar-refractivity contribution is 0.0989. The van der Waals surface area contributed by atoms with Crippen LogP contribution in [0.2, 0.25) is 0 Å². The molecule has 1 amide bonds. The van der Waals surface area contributed by atoms with E-state index in [1.54, 1.807) is 36.7 Å². The summed E-state index contributed by atoms with van der Waals surface area (Å²) in [4.78, 5) is 17.8. The molecule has 18 heavy (non-hydrogen) atoms. The van der Waals surface area contributed by atoms with E-state index in [0.717, 1.165) is 10.7 Å². The molecule has 0 fully saturated rings. The molecule has 4 nitrogen and oxygen atoms in total. The molecule has 2 rings (SSSR count). The van der Waals surface area contributed by atoms with Crippen molar-refractivity contribution in [2.24, 2.45) is 0 Å². The highest BCUT2D eigenvalue weighted by Gasteiger charge is 2.15. The molecule has 0 bridgehead atoms. The summed E-state index contributed by atoms with van der Waals surface area (Å²) in [7, 11) is 1.69. The van der Waals surface area contributed by atoms with Crippen molar-refractivity contribution in [1.29, 1.82) is 5.26 Å². The molecule has 2 aromatic rings. The van der Waals surface area contributed by atoms with Crippen LogP contribution in [0.4, 0.5) is 5.69 Å². The van der Waals surface area contributed by atoms with Crippen molar-refractivity contribution in [3.63, 3.8) is 0 Å². The van der Waals surface area contributed by atoms with E-state index in [9.17, 15) is 4.79 Å². The Morgan fingerprint density at radius 1 is 1.39 bits per heavy atom. The average molecular weight is 257 g/mol. The van der Waals surface area contributed by atoms with Crippen molar-refractivity contribution in [2.45, 2.75) is 6.92 Å². The van der Waals surface area contributed by atoms with E-state index in [1.807, 2.05) is 13.0 Å². The lowest BCUT2D eigenvalue weighted by Gasteiger charge is -2.15. The number of thiazole rings is 1. The minimum Gasteiger partial charge on any atom is -0.310 e. The predicted molar refractivity (Wildman–Crippen MR) is 70.7 cm³/mol. The zero-order valence-corrected chi connectivity index (χ0v) is 10.9. The Bertz CT molecular complexity index is 610. The molecule has 1 aromatic carbocycles. The fourth-order valence-corrected chi connectivity index (χ4v) is 2.10. The van der Waals surface area contributed by atoms with Gasteiger partial charge in [0.05, 0.1) is 16.6 Å². The number of anilines is 1. The first-order valence-corrected chi connectivity index (χ1v) is 6.20. The Hall–Kier alpha value is -2.19. The zero-order chi connectivity index (χ0) is 13.1. The van der Waals surface area contributed by atoms with Crippen LogP contribution in [0.25, 0.3) is 0 Å². The van der Waals surface area contributed by atoms with Gasteiger partial charge in [-0.1, -0.05) is 0 Å². The summed E-state index contributed by atoms with van der Waals surface area (Å²) in [5.41, 5.74) is 1.76. The smallest absolute Gasteiger partial charge is 0.277 e. The third kappa shape index (κ3) is 2.39. The Morgan fingerprint density at radius 3 is 2.56 bits per heavy atom. The van der Waals surface area contributed by atoms with Crippen LogP contribution in [0.1, 0.15) is 21.1 Å². The lowest BCUT2D eigenvalue weighted by Crippen LogP contribution is -2.26. The van der Waals surface area contributed by atoms with Crippen LogP contribution >= 0.6 is 11.3 Å². The van der Waals surface area contributed by atoms with Gasteiger partial charge < -0.3 is 4.90 Å². The molecule has 0 aliphatic rings. The van der Waals surface area contributed by atoms with Gasteiger partial charge in [0.1, 0.15) is 5.69 Å². The number of hydrogen-bond acceptors (Lipinski definition) is 4. The van der Waals surface area contributed by atoms with E-state index in [0.29, 0.717) is 11.3 Å². The fourth-order valence-electron chi connectivity index (χ4n) is 1.51. The first-order valence-electron chi connectivity index (χ1n) is 5.32. The molecule has 0 atom stereocenters. The molecule has 0 aliphatic heterocycles. The highest BCUT2D eigenvalue weighted by Crippen LogP contribution is 2.17. The fraction of sp³-hybridized carbons (Fsp3) is 0.154. The maximum Gasteiger partial charge on any atom is 0.277 e. The standard InChI is InChI=1S/C13H11N3OS/c1-9-15-12(8-18-9)13(17)16(2)11-5-3-10(7-14)4-6-11/h3-6,8H,1-2H3. The van der Waals surface area contributed by atoms with Gasteiger partial charge in [0.25, 0.3) is 5.91 Å². The van der Waals surface area contributed by atoms with Crippen molar-refractivity contribution in [1.82, 2.24) is 4.98 Å². The molecule has 90 valence electrons. The second kappa shape index (κ2) is 4.98. The van der Waals surface area contributed by atoms with Crippen LogP contribution in [-0.4, -0.2) is 17.9 Å². The summed E-state index contributed by atoms with van der Waals surface area (Å²) >= 11 is 1.45. The Balaban J connectivity index is 2.23. The number of aromatic nitrogens is 1. The summed E-state index contributed by atoms with van der Waals surface area (Å²) in [5.74, 6) is -0.149. The normalized spacial score (nSPS) is 9.83. The van der Waals surface area contributed by atoms with Gasteiger partial charge in [-0.25, -0.2) is 4.98 Å². The van der Waals surface area contributed by atoms with Crippen LogP contribution < -0.4 is 4.90 Å². The molecule has 1 aromatic heterocycles. The van der Waals surface area contributed by atoms with Gasteiger partial charge in [0.15, 0.2) is 0 Å². The first-order chi connectivity index (χ1) is 8.61. The molecular weight excluding hydrogens is 246 g/mol. The molecule has 1 heterocycles. The summed E-state index contributed by atoms with van der Waals surface area (Å²) in [6.07, 6.45) is 0. The van der Waals surface area contributed by atoms with E-state index in [2.05, 4.69) is 4.98 Å². The van der Waals surface area contributed by atoms with Crippen molar-refractivity contribution in [3.8, 4) is 6.07 Å². The first kappa shape index (κ1) is 12.3. The monoisotopic (exact) mass is 257 g/mol. The summed E-state index contributed by atoms with van der Waals surface area (Å²) in [6, 6.07) is 8.91. The second-order valence-corrected chi connectivity index (χ2v) is 4.84. The zero-order valence-electron chi connectivity index (χ0n) is 10.0. The van der Waals surface area contributed by atoms with Crippen molar-refractivity contribution < 1.29 is 4.79 Å². The molecule has 0 saturated carbocycles. The maximum atomic E-state index is 12.1. The minimum atomic E-state index is -0.149. The number of benzene rings is 1. The largest absolute Gasteiger partial charge is 0.310 e. The predicted octanol–water partition coefficient (Wildman–Crippen LogP) is 2.60. The molecular formula is C13H11N3OS. The average Bonchev–Trinajstić information content (AvgIpc) is 2.84. The number of amides is 1. The Morgan fingerprint density at radius 2 is 2.06 bits per heavy atom. The number of carbonyl (C=O) groups excluding carboxylic acids is 1. The molecule has 0 aliphatic carbocycles. The maximum absolute atomic E-state index is 12.1. The number of nitriles is 1. The summed E-state index contributed by atoms with van der Waals surface area (Å²) in [5, 5.41) is 11.3. The van der Waals surface area contributed by atoms with Crippen LogP contribution in [0, 0.1) is 18.3 Å². The highest BCUT2D eigenvalue weighted by atomic mass is 32.1. The molecule has 0 radical (unpaired) electrons. The van der Waals surface area contributed by atoms with E-state index in [-0.39, 0.29) is 5.91 Å². The molecule has 0 N–H and O–H groups in total. The number of nitrogens with zero attached hydrogens (tertiary/aromatic N) is 3. The van der Waals surface area contributed by atoms with Crippen LogP contribution in [0.15, 0.2) is 29.6 Å². The van der Waals surface area contributed by atoms with Gasteiger partial charge in [0, 0.05) is 18.1 Å². The lowest BCUT2D eigenvalue weighted by atomic mass is 10.2. The second-order valence-electron chi connectivity index (χ2n) is 3.77. The molecule has 0 saturated heterocycles. The van der Waals surface area contributed by atoms with Gasteiger partial charge in [0.2, 0.25) is 0 Å².